The van der Waals surface area contributed by atoms with Gasteiger partial charge in [-0.25, -0.2) is 8.42 Å². The first-order valence-corrected chi connectivity index (χ1v) is 10.2. The number of hydrogen-bond donors (Lipinski definition) is 1. The fourth-order valence-corrected chi connectivity index (χ4v) is 2.95. The minimum atomic E-state index is -3.23. The molecule has 0 aliphatic carbocycles. The van der Waals surface area contributed by atoms with E-state index in [4.69, 9.17) is 0 Å². The molecule has 3 aromatic rings. The monoisotopic (exact) mass is 394 g/mol. The van der Waals surface area contributed by atoms with Gasteiger partial charge in [-0.2, -0.15) is 20.5 Å². The van der Waals surface area contributed by atoms with Crippen molar-refractivity contribution in [2.24, 2.45) is 20.5 Å². The molecule has 0 bridgehead atoms. The van der Waals surface area contributed by atoms with Crippen LogP contribution in [-0.4, -0.2) is 19.8 Å². The number of aromatic hydroxyl groups is 1. The number of sulfone groups is 1. The standard InChI is InChI=1S/C20H18N4O3S/c1-14-13-17(23-21-15-3-8-18(25)9-4-15)7-12-20(14)24-22-16-5-10-19(11-6-16)28(2,26)27/h3-13,25H,1-2H3/b23-21+,24-22+. The van der Waals surface area contributed by atoms with Gasteiger partial charge in [-0.05, 0) is 79.2 Å². The van der Waals surface area contributed by atoms with Gasteiger partial charge in [-0.1, -0.05) is 0 Å². The van der Waals surface area contributed by atoms with Crippen molar-refractivity contribution in [2.45, 2.75) is 11.8 Å². The molecule has 0 aromatic heterocycles. The minimum Gasteiger partial charge on any atom is -0.508 e. The van der Waals surface area contributed by atoms with Crippen LogP contribution in [0.1, 0.15) is 5.56 Å². The highest BCUT2D eigenvalue weighted by atomic mass is 32.2. The maximum atomic E-state index is 11.5. The SMILES string of the molecule is Cc1cc(/N=N/c2ccc(O)cc2)ccc1/N=N/c1ccc(S(C)(=O)=O)cc1. The number of aryl methyl sites for hydroxylation is 1. The molecule has 0 spiro atoms. The first-order valence-electron chi connectivity index (χ1n) is 8.34. The second kappa shape index (κ2) is 8.10. The molecule has 0 fully saturated rings. The molecule has 0 atom stereocenters. The zero-order chi connectivity index (χ0) is 20.1. The van der Waals surface area contributed by atoms with E-state index < -0.39 is 9.84 Å². The Balaban J connectivity index is 1.73. The molecule has 8 heteroatoms. The molecule has 0 saturated carbocycles. The van der Waals surface area contributed by atoms with Crippen molar-refractivity contribution >= 4 is 32.6 Å². The number of phenols is 1. The molecule has 0 unspecified atom stereocenters. The van der Waals surface area contributed by atoms with Crippen LogP contribution in [0, 0.1) is 6.92 Å². The Labute approximate surface area is 163 Å². The predicted molar refractivity (Wildman–Crippen MR) is 107 cm³/mol. The number of nitrogens with zero attached hydrogens (tertiary/aromatic N) is 4. The third-order valence-corrected chi connectivity index (χ3v) is 4.98. The van der Waals surface area contributed by atoms with Crippen molar-refractivity contribution < 1.29 is 13.5 Å². The van der Waals surface area contributed by atoms with E-state index in [-0.39, 0.29) is 10.6 Å². The lowest BCUT2D eigenvalue weighted by molar-refractivity contribution is 0.475. The lowest BCUT2D eigenvalue weighted by atomic mass is 10.2. The van der Waals surface area contributed by atoms with E-state index in [0.717, 1.165) is 11.8 Å². The summed E-state index contributed by atoms with van der Waals surface area (Å²) in [5.41, 5.74) is 3.41. The average Bonchev–Trinajstić information content (AvgIpc) is 2.66. The Morgan fingerprint density at radius 3 is 1.79 bits per heavy atom. The average molecular weight is 394 g/mol. The predicted octanol–water partition coefficient (Wildman–Crippen LogP) is 5.93. The summed E-state index contributed by atoms with van der Waals surface area (Å²) < 4.78 is 23.0. The van der Waals surface area contributed by atoms with Gasteiger partial charge >= 0.3 is 0 Å². The highest BCUT2D eigenvalue weighted by molar-refractivity contribution is 7.90. The van der Waals surface area contributed by atoms with Crippen molar-refractivity contribution in [3.05, 3.63) is 72.3 Å². The highest BCUT2D eigenvalue weighted by Gasteiger charge is 2.06. The molecule has 0 aliphatic rings. The fourth-order valence-electron chi connectivity index (χ4n) is 2.32. The molecule has 0 radical (unpaired) electrons. The van der Waals surface area contributed by atoms with Crippen LogP contribution in [0.4, 0.5) is 22.7 Å². The fraction of sp³-hybridized carbons (Fsp3) is 0.100. The van der Waals surface area contributed by atoms with Crippen LogP contribution in [0.25, 0.3) is 0 Å². The van der Waals surface area contributed by atoms with Gasteiger partial charge in [0, 0.05) is 6.26 Å². The van der Waals surface area contributed by atoms with Gasteiger partial charge in [-0.15, -0.1) is 0 Å². The van der Waals surface area contributed by atoms with E-state index in [1.807, 2.05) is 13.0 Å². The van der Waals surface area contributed by atoms with Gasteiger partial charge in [-0.3, -0.25) is 0 Å². The van der Waals surface area contributed by atoms with Crippen molar-refractivity contribution in [3.8, 4) is 5.75 Å². The van der Waals surface area contributed by atoms with Gasteiger partial charge in [0.25, 0.3) is 0 Å². The molecule has 0 amide bonds. The molecular weight excluding hydrogens is 376 g/mol. The van der Waals surface area contributed by atoms with Crippen LogP contribution in [0.5, 0.6) is 5.75 Å². The van der Waals surface area contributed by atoms with Gasteiger partial charge in [0.15, 0.2) is 9.84 Å². The molecule has 28 heavy (non-hydrogen) atoms. The van der Waals surface area contributed by atoms with Crippen molar-refractivity contribution in [1.82, 2.24) is 0 Å². The third kappa shape index (κ3) is 5.08. The Morgan fingerprint density at radius 1 is 0.714 bits per heavy atom. The van der Waals surface area contributed by atoms with E-state index in [1.54, 1.807) is 48.5 Å². The largest absolute Gasteiger partial charge is 0.508 e. The smallest absolute Gasteiger partial charge is 0.175 e. The Hall–Kier alpha value is -3.39. The number of rotatable bonds is 5. The topological polar surface area (TPSA) is 104 Å². The summed E-state index contributed by atoms with van der Waals surface area (Å²) in [5, 5.41) is 25.9. The molecule has 142 valence electrons. The molecule has 3 rings (SSSR count). The molecule has 0 saturated heterocycles. The van der Waals surface area contributed by atoms with Crippen LogP contribution < -0.4 is 0 Å². The van der Waals surface area contributed by atoms with Crippen molar-refractivity contribution in [1.29, 1.82) is 0 Å². The number of phenolic OH excluding ortho intramolecular Hbond substituents is 1. The van der Waals surface area contributed by atoms with Gasteiger partial charge in [0.1, 0.15) is 5.75 Å². The van der Waals surface area contributed by atoms with E-state index in [1.165, 1.54) is 12.1 Å². The van der Waals surface area contributed by atoms with E-state index in [9.17, 15) is 13.5 Å². The summed E-state index contributed by atoms with van der Waals surface area (Å²) in [4.78, 5) is 0.242. The quantitative estimate of drug-likeness (QED) is 0.542. The number of hydrogen-bond acceptors (Lipinski definition) is 7. The number of azo groups is 2. The van der Waals surface area contributed by atoms with Crippen LogP contribution in [0.3, 0.4) is 0 Å². The van der Waals surface area contributed by atoms with Gasteiger partial charge < -0.3 is 5.11 Å². The zero-order valence-corrected chi connectivity index (χ0v) is 16.1. The maximum Gasteiger partial charge on any atom is 0.175 e. The number of benzene rings is 3. The zero-order valence-electron chi connectivity index (χ0n) is 15.3. The van der Waals surface area contributed by atoms with E-state index in [0.29, 0.717) is 22.7 Å². The normalized spacial score (nSPS) is 12.1. The summed E-state index contributed by atoms with van der Waals surface area (Å²) in [6.07, 6.45) is 1.16. The Kier molecular flexibility index (Phi) is 5.60. The molecule has 0 heterocycles. The molecule has 7 nitrogen and oxygen atoms in total. The molecule has 1 N–H and O–H groups in total. The van der Waals surface area contributed by atoms with E-state index >= 15 is 0 Å². The molecular formula is C20H18N4O3S. The van der Waals surface area contributed by atoms with Crippen molar-refractivity contribution in [3.63, 3.8) is 0 Å². The molecule has 3 aromatic carbocycles. The summed E-state index contributed by atoms with van der Waals surface area (Å²) in [7, 11) is -3.23. The first kappa shape index (κ1) is 19.4. The summed E-state index contributed by atoms with van der Waals surface area (Å²) in [6, 6.07) is 18.1. The lowest BCUT2D eigenvalue weighted by Gasteiger charge is -2.01. The molecule has 0 aliphatic heterocycles. The van der Waals surface area contributed by atoms with Gasteiger partial charge in [0.2, 0.25) is 0 Å². The second-order valence-electron chi connectivity index (χ2n) is 6.15. The summed E-state index contributed by atoms with van der Waals surface area (Å²) in [5.74, 6) is 0.176. The van der Waals surface area contributed by atoms with Crippen molar-refractivity contribution in [2.75, 3.05) is 6.26 Å². The van der Waals surface area contributed by atoms with Crippen LogP contribution >= 0.6 is 0 Å². The summed E-state index contributed by atoms with van der Waals surface area (Å²) in [6.45, 7) is 1.89. The Morgan fingerprint density at radius 2 is 1.21 bits per heavy atom. The van der Waals surface area contributed by atoms with E-state index in [2.05, 4.69) is 20.5 Å². The van der Waals surface area contributed by atoms with Gasteiger partial charge in [0.05, 0.1) is 27.6 Å². The first-order chi connectivity index (χ1) is 13.3. The van der Waals surface area contributed by atoms with Crippen LogP contribution in [0.2, 0.25) is 0 Å². The maximum absolute atomic E-state index is 11.5. The highest BCUT2D eigenvalue weighted by Crippen LogP contribution is 2.28. The van der Waals surface area contributed by atoms with Crippen LogP contribution in [-0.2, 0) is 9.84 Å². The third-order valence-electron chi connectivity index (χ3n) is 3.85. The Bertz CT molecular complexity index is 1140. The summed E-state index contributed by atoms with van der Waals surface area (Å²) >= 11 is 0. The lowest BCUT2D eigenvalue weighted by Crippen LogP contribution is -1.95. The minimum absolute atomic E-state index is 0.176. The van der Waals surface area contributed by atoms with Crippen LogP contribution in [0.15, 0.2) is 92.1 Å². The second-order valence-corrected chi connectivity index (χ2v) is 8.17.